The van der Waals surface area contributed by atoms with Gasteiger partial charge in [-0.3, -0.25) is 4.79 Å². The van der Waals surface area contributed by atoms with Crippen LogP contribution in [0.4, 0.5) is 0 Å². The Balaban J connectivity index is 1.53. The van der Waals surface area contributed by atoms with Gasteiger partial charge in [-0.05, 0) is 55.8 Å². The third-order valence-electron chi connectivity index (χ3n) is 4.93. The van der Waals surface area contributed by atoms with Crippen molar-refractivity contribution in [1.82, 2.24) is 10.2 Å². The van der Waals surface area contributed by atoms with Gasteiger partial charge < -0.3 is 10.2 Å². The number of rotatable bonds is 3. The standard InChI is InChI=1S/C17H24N2O/c1-13-4-2-3-5-14(13)6-7-17(20)19-9-8-15-10-18-11-16(15)12-19/h2-5,15-16,18H,6-12H2,1H3. The number of amides is 1. The van der Waals surface area contributed by atoms with E-state index in [0.717, 1.165) is 38.5 Å². The Morgan fingerprint density at radius 2 is 2.10 bits per heavy atom. The maximum Gasteiger partial charge on any atom is 0.222 e. The predicted molar refractivity (Wildman–Crippen MR) is 80.5 cm³/mol. The lowest BCUT2D eigenvalue weighted by Crippen LogP contribution is -2.43. The van der Waals surface area contributed by atoms with E-state index in [1.54, 1.807) is 0 Å². The molecule has 0 spiro atoms. The molecule has 0 saturated carbocycles. The van der Waals surface area contributed by atoms with Crippen LogP contribution in [0.2, 0.25) is 0 Å². The van der Waals surface area contributed by atoms with Crippen molar-refractivity contribution >= 4 is 5.91 Å². The molecule has 0 radical (unpaired) electrons. The van der Waals surface area contributed by atoms with E-state index < -0.39 is 0 Å². The van der Waals surface area contributed by atoms with Crippen molar-refractivity contribution in [3.63, 3.8) is 0 Å². The van der Waals surface area contributed by atoms with Crippen LogP contribution in [0.15, 0.2) is 24.3 Å². The Bertz CT molecular complexity index is 486. The van der Waals surface area contributed by atoms with Gasteiger partial charge >= 0.3 is 0 Å². The summed E-state index contributed by atoms with van der Waals surface area (Å²) in [5, 5.41) is 3.45. The summed E-state index contributed by atoms with van der Waals surface area (Å²) in [7, 11) is 0. The maximum absolute atomic E-state index is 12.4. The lowest BCUT2D eigenvalue weighted by atomic mass is 9.88. The number of carbonyl (C=O) groups is 1. The van der Waals surface area contributed by atoms with E-state index in [9.17, 15) is 4.79 Å². The van der Waals surface area contributed by atoms with Gasteiger partial charge in [0.25, 0.3) is 0 Å². The minimum atomic E-state index is 0.332. The van der Waals surface area contributed by atoms with Gasteiger partial charge in [-0.25, -0.2) is 0 Å². The van der Waals surface area contributed by atoms with E-state index in [0.29, 0.717) is 18.2 Å². The molecule has 2 atom stereocenters. The molecule has 2 unspecified atom stereocenters. The van der Waals surface area contributed by atoms with Gasteiger partial charge in [0, 0.05) is 19.5 Å². The maximum atomic E-state index is 12.4. The van der Waals surface area contributed by atoms with E-state index in [1.165, 1.54) is 17.5 Å². The molecule has 2 fully saturated rings. The zero-order valence-electron chi connectivity index (χ0n) is 12.3. The molecular formula is C17H24N2O. The number of hydrogen-bond acceptors (Lipinski definition) is 2. The largest absolute Gasteiger partial charge is 0.342 e. The van der Waals surface area contributed by atoms with Crippen molar-refractivity contribution in [3.8, 4) is 0 Å². The summed E-state index contributed by atoms with van der Waals surface area (Å²) in [5.74, 6) is 1.82. The number of fused-ring (bicyclic) bond motifs is 1. The van der Waals surface area contributed by atoms with Crippen LogP contribution in [0.25, 0.3) is 0 Å². The molecule has 1 amide bonds. The molecule has 3 rings (SSSR count). The van der Waals surface area contributed by atoms with Crippen molar-refractivity contribution in [1.29, 1.82) is 0 Å². The summed E-state index contributed by atoms with van der Waals surface area (Å²) in [6.45, 7) is 6.28. The van der Waals surface area contributed by atoms with Gasteiger partial charge in [0.15, 0.2) is 0 Å². The van der Waals surface area contributed by atoms with Crippen molar-refractivity contribution in [3.05, 3.63) is 35.4 Å². The quantitative estimate of drug-likeness (QED) is 0.913. The smallest absolute Gasteiger partial charge is 0.222 e. The second kappa shape index (κ2) is 5.96. The summed E-state index contributed by atoms with van der Waals surface area (Å²) in [4.78, 5) is 14.5. The summed E-state index contributed by atoms with van der Waals surface area (Å²) in [6.07, 6.45) is 2.69. The molecule has 1 aromatic carbocycles. The van der Waals surface area contributed by atoms with Crippen LogP contribution in [0, 0.1) is 18.8 Å². The van der Waals surface area contributed by atoms with Crippen molar-refractivity contribution < 1.29 is 4.79 Å². The van der Waals surface area contributed by atoms with Crippen molar-refractivity contribution in [2.24, 2.45) is 11.8 Å². The fraction of sp³-hybridized carbons (Fsp3) is 0.588. The van der Waals surface area contributed by atoms with Gasteiger partial charge in [0.2, 0.25) is 5.91 Å². The Kier molecular flexibility index (Phi) is 4.06. The van der Waals surface area contributed by atoms with Gasteiger partial charge in [-0.15, -0.1) is 0 Å². The number of likely N-dealkylation sites (tertiary alicyclic amines) is 1. The van der Waals surface area contributed by atoms with Crippen LogP contribution in [0.3, 0.4) is 0 Å². The Morgan fingerprint density at radius 1 is 1.30 bits per heavy atom. The summed E-state index contributed by atoms with van der Waals surface area (Å²) in [6, 6.07) is 8.37. The minimum Gasteiger partial charge on any atom is -0.342 e. The van der Waals surface area contributed by atoms with Gasteiger partial charge in [0.05, 0.1) is 0 Å². The molecule has 2 aliphatic heterocycles. The molecule has 108 valence electrons. The first-order valence-electron chi connectivity index (χ1n) is 7.77. The number of hydrogen-bond donors (Lipinski definition) is 1. The molecule has 1 N–H and O–H groups in total. The van der Waals surface area contributed by atoms with Crippen LogP contribution < -0.4 is 5.32 Å². The molecule has 3 nitrogen and oxygen atoms in total. The Labute approximate surface area is 121 Å². The molecule has 0 aliphatic carbocycles. The predicted octanol–water partition coefficient (Wildman–Crippen LogP) is 2.00. The average Bonchev–Trinajstić information content (AvgIpc) is 2.93. The van der Waals surface area contributed by atoms with Crippen LogP contribution in [-0.2, 0) is 11.2 Å². The van der Waals surface area contributed by atoms with E-state index in [4.69, 9.17) is 0 Å². The lowest BCUT2D eigenvalue weighted by molar-refractivity contribution is -0.133. The number of nitrogens with one attached hydrogen (secondary N) is 1. The highest BCUT2D eigenvalue weighted by Crippen LogP contribution is 2.26. The van der Waals surface area contributed by atoms with Crippen LogP contribution in [0.1, 0.15) is 24.0 Å². The van der Waals surface area contributed by atoms with Gasteiger partial charge in [-0.1, -0.05) is 24.3 Å². The van der Waals surface area contributed by atoms with Gasteiger partial charge in [0.1, 0.15) is 0 Å². The third-order valence-corrected chi connectivity index (χ3v) is 4.93. The SMILES string of the molecule is Cc1ccccc1CCC(=O)N1CCC2CNCC2C1. The van der Waals surface area contributed by atoms with E-state index in [1.807, 2.05) is 0 Å². The van der Waals surface area contributed by atoms with Crippen molar-refractivity contribution in [2.45, 2.75) is 26.2 Å². The molecule has 0 bridgehead atoms. The van der Waals surface area contributed by atoms with Gasteiger partial charge in [-0.2, -0.15) is 0 Å². The number of aryl methyl sites for hydroxylation is 2. The molecule has 20 heavy (non-hydrogen) atoms. The summed E-state index contributed by atoms with van der Waals surface area (Å²) in [5.41, 5.74) is 2.59. The molecular weight excluding hydrogens is 248 g/mol. The fourth-order valence-corrected chi connectivity index (χ4v) is 3.55. The Morgan fingerprint density at radius 3 is 2.95 bits per heavy atom. The fourth-order valence-electron chi connectivity index (χ4n) is 3.55. The topological polar surface area (TPSA) is 32.3 Å². The molecule has 2 saturated heterocycles. The molecule has 3 heteroatoms. The minimum absolute atomic E-state index is 0.332. The normalized spacial score (nSPS) is 25.6. The van der Waals surface area contributed by atoms with Crippen LogP contribution >= 0.6 is 0 Å². The third kappa shape index (κ3) is 2.88. The van der Waals surface area contributed by atoms with E-state index >= 15 is 0 Å². The lowest BCUT2D eigenvalue weighted by Gasteiger charge is -2.34. The van der Waals surface area contributed by atoms with E-state index in [-0.39, 0.29) is 0 Å². The van der Waals surface area contributed by atoms with Crippen molar-refractivity contribution in [2.75, 3.05) is 26.2 Å². The summed E-state index contributed by atoms with van der Waals surface area (Å²) < 4.78 is 0. The number of benzene rings is 1. The second-order valence-corrected chi connectivity index (χ2v) is 6.23. The number of piperidine rings is 1. The highest BCUT2D eigenvalue weighted by molar-refractivity contribution is 5.76. The molecule has 0 aromatic heterocycles. The first-order chi connectivity index (χ1) is 9.74. The number of carbonyl (C=O) groups excluding carboxylic acids is 1. The molecule has 2 heterocycles. The monoisotopic (exact) mass is 272 g/mol. The number of nitrogens with zero attached hydrogens (tertiary/aromatic N) is 1. The second-order valence-electron chi connectivity index (χ2n) is 6.23. The first kappa shape index (κ1) is 13.6. The van der Waals surface area contributed by atoms with Crippen LogP contribution in [-0.4, -0.2) is 37.0 Å². The molecule has 1 aromatic rings. The highest BCUT2D eigenvalue weighted by atomic mass is 16.2. The van der Waals surface area contributed by atoms with Crippen LogP contribution in [0.5, 0.6) is 0 Å². The Hall–Kier alpha value is -1.35. The zero-order valence-corrected chi connectivity index (χ0v) is 12.3. The average molecular weight is 272 g/mol. The highest BCUT2D eigenvalue weighted by Gasteiger charge is 2.34. The zero-order chi connectivity index (χ0) is 13.9. The first-order valence-corrected chi connectivity index (χ1v) is 7.77. The summed E-state index contributed by atoms with van der Waals surface area (Å²) >= 11 is 0. The molecule has 2 aliphatic rings. The van der Waals surface area contributed by atoms with E-state index in [2.05, 4.69) is 41.4 Å².